The van der Waals surface area contributed by atoms with Gasteiger partial charge in [-0.05, 0) is 35.3 Å². The minimum atomic E-state index is -0.238. The number of halogens is 1. The van der Waals surface area contributed by atoms with Gasteiger partial charge < -0.3 is 5.32 Å². The number of amides is 1. The molecule has 0 atom stereocenters. The van der Waals surface area contributed by atoms with E-state index in [1.54, 1.807) is 24.4 Å². The van der Waals surface area contributed by atoms with Crippen LogP contribution in [-0.2, 0) is 4.79 Å². The van der Waals surface area contributed by atoms with Gasteiger partial charge in [-0.1, -0.05) is 49.7 Å². The van der Waals surface area contributed by atoms with Gasteiger partial charge in [0, 0.05) is 17.3 Å². The molecular formula is C17H17ClN2O. The highest BCUT2D eigenvalue weighted by atomic mass is 35.5. The molecule has 1 aromatic heterocycles. The summed E-state index contributed by atoms with van der Waals surface area (Å²) in [6.45, 7) is 4.30. The fourth-order valence-electron chi connectivity index (χ4n) is 1.80. The van der Waals surface area contributed by atoms with Crippen LogP contribution in [0.5, 0.6) is 0 Å². The quantitative estimate of drug-likeness (QED) is 0.844. The summed E-state index contributed by atoms with van der Waals surface area (Å²) in [5.74, 6) is 0.699. The van der Waals surface area contributed by atoms with E-state index in [9.17, 15) is 4.79 Å². The van der Waals surface area contributed by atoms with Crippen LogP contribution >= 0.6 is 11.6 Å². The molecule has 0 bridgehead atoms. The van der Waals surface area contributed by atoms with Gasteiger partial charge in [0.05, 0.1) is 0 Å². The van der Waals surface area contributed by atoms with Crippen molar-refractivity contribution in [1.82, 2.24) is 4.98 Å². The number of anilines is 1. The Balaban J connectivity index is 1.98. The number of benzene rings is 1. The summed E-state index contributed by atoms with van der Waals surface area (Å²) in [7, 11) is 0. The molecule has 1 heterocycles. The van der Waals surface area contributed by atoms with Crippen LogP contribution in [0.15, 0.2) is 48.7 Å². The number of hydrogen-bond acceptors (Lipinski definition) is 2. The first-order chi connectivity index (χ1) is 10.0. The third-order valence-corrected chi connectivity index (χ3v) is 3.24. The van der Waals surface area contributed by atoms with Crippen molar-refractivity contribution in [2.75, 3.05) is 5.32 Å². The van der Waals surface area contributed by atoms with Gasteiger partial charge in [-0.15, -0.1) is 0 Å². The molecule has 0 fully saturated rings. The number of rotatable bonds is 4. The van der Waals surface area contributed by atoms with Crippen molar-refractivity contribution in [3.63, 3.8) is 0 Å². The van der Waals surface area contributed by atoms with Gasteiger partial charge in [-0.2, -0.15) is 0 Å². The van der Waals surface area contributed by atoms with Crippen molar-refractivity contribution in [2.24, 2.45) is 0 Å². The molecule has 0 aliphatic carbocycles. The Morgan fingerprint density at radius 2 is 1.95 bits per heavy atom. The first-order valence-corrected chi connectivity index (χ1v) is 7.13. The molecule has 1 aromatic carbocycles. The van der Waals surface area contributed by atoms with Gasteiger partial charge >= 0.3 is 0 Å². The molecule has 1 amide bonds. The van der Waals surface area contributed by atoms with Crippen LogP contribution < -0.4 is 5.32 Å². The Bertz CT molecular complexity index is 648. The van der Waals surface area contributed by atoms with E-state index in [4.69, 9.17) is 11.6 Å². The van der Waals surface area contributed by atoms with Crippen molar-refractivity contribution >= 4 is 29.4 Å². The summed E-state index contributed by atoms with van der Waals surface area (Å²) >= 11 is 5.83. The minimum Gasteiger partial charge on any atom is -0.307 e. The lowest BCUT2D eigenvalue weighted by atomic mass is 10.0. The second-order valence-corrected chi connectivity index (χ2v) is 5.44. The van der Waals surface area contributed by atoms with Gasteiger partial charge in [0.25, 0.3) is 0 Å². The Morgan fingerprint density at radius 1 is 1.24 bits per heavy atom. The molecule has 0 aliphatic heterocycles. The Labute approximate surface area is 129 Å². The van der Waals surface area contributed by atoms with E-state index in [2.05, 4.69) is 36.3 Å². The monoisotopic (exact) mass is 300 g/mol. The van der Waals surface area contributed by atoms with Crippen LogP contribution in [0.25, 0.3) is 6.08 Å². The number of nitrogens with zero attached hydrogens (tertiary/aromatic N) is 1. The number of pyridine rings is 1. The van der Waals surface area contributed by atoms with E-state index in [-0.39, 0.29) is 5.91 Å². The molecule has 0 aliphatic rings. The second kappa shape index (κ2) is 7.04. The predicted octanol–water partition coefficient (Wildman–Crippen LogP) is 4.51. The summed E-state index contributed by atoms with van der Waals surface area (Å²) in [6.07, 6.45) is 4.79. The Kier molecular flexibility index (Phi) is 5.12. The Morgan fingerprint density at radius 3 is 2.57 bits per heavy atom. The normalized spacial score (nSPS) is 11.0. The maximum atomic E-state index is 11.8. The van der Waals surface area contributed by atoms with Crippen molar-refractivity contribution in [3.8, 4) is 0 Å². The molecule has 0 spiro atoms. The third-order valence-electron chi connectivity index (χ3n) is 3.00. The van der Waals surface area contributed by atoms with E-state index in [0.717, 1.165) is 5.56 Å². The number of carbonyl (C=O) groups is 1. The molecule has 21 heavy (non-hydrogen) atoms. The highest BCUT2D eigenvalue weighted by Crippen LogP contribution is 2.15. The zero-order valence-corrected chi connectivity index (χ0v) is 12.8. The van der Waals surface area contributed by atoms with Crippen LogP contribution in [0.3, 0.4) is 0 Å². The highest BCUT2D eigenvalue weighted by Gasteiger charge is 2.00. The van der Waals surface area contributed by atoms with Crippen molar-refractivity contribution in [3.05, 3.63) is 64.8 Å². The summed E-state index contributed by atoms with van der Waals surface area (Å²) in [6, 6.07) is 11.4. The van der Waals surface area contributed by atoms with E-state index >= 15 is 0 Å². The third kappa shape index (κ3) is 4.72. The lowest BCUT2D eigenvalue weighted by Gasteiger charge is -2.04. The number of aromatic nitrogens is 1. The average Bonchev–Trinajstić information content (AvgIpc) is 2.45. The van der Waals surface area contributed by atoms with Crippen molar-refractivity contribution in [1.29, 1.82) is 0 Å². The molecule has 1 N–H and O–H groups in total. The summed E-state index contributed by atoms with van der Waals surface area (Å²) < 4.78 is 0. The average molecular weight is 301 g/mol. The van der Waals surface area contributed by atoms with Gasteiger partial charge in [0.1, 0.15) is 5.82 Å². The molecule has 0 unspecified atom stereocenters. The number of hydrogen-bond donors (Lipinski definition) is 1. The van der Waals surface area contributed by atoms with Crippen LogP contribution in [0.2, 0.25) is 5.02 Å². The topological polar surface area (TPSA) is 42.0 Å². The zero-order valence-electron chi connectivity index (χ0n) is 12.0. The van der Waals surface area contributed by atoms with Crippen LogP contribution in [0.1, 0.15) is 30.9 Å². The number of nitrogens with one attached hydrogen (secondary N) is 1. The molecule has 4 heteroatoms. The number of carbonyl (C=O) groups excluding carboxylic acids is 1. The molecule has 3 nitrogen and oxygen atoms in total. The smallest absolute Gasteiger partial charge is 0.249 e. The zero-order chi connectivity index (χ0) is 15.2. The predicted molar refractivity (Wildman–Crippen MR) is 87.4 cm³/mol. The van der Waals surface area contributed by atoms with Crippen LogP contribution in [0.4, 0.5) is 5.82 Å². The fraction of sp³-hybridized carbons (Fsp3) is 0.176. The molecule has 0 radical (unpaired) electrons. The van der Waals surface area contributed by atoms with Crippen LogP contribution in [0, 0.1) is 0 Å². The largest absolute Gasteiger partial charge is 0.307 e. The van der Waals surface area contributed by atoms with Gasteiger partial charge in [-0.25, -0.2) is 4.98 Å². The highest BCUT2D eigenvalue weighted by molar-refractivity contribution is 6.30. The first kappa shape index (κ1) is 15.3. The van der Waals surface area contributed by atoms with Crippen molar-refractivity contribution in [2.45, 2.75) is 19.8 Å². The maximum absolute atomic E-state index is 11.8. The maximum Gasteiger partial charge on any atom is 0.249 e. The van der Waals surface area contributed by atoms with Gasteiger partial charge in [0.2, 0.25) is 5.91 Å². The van der Waals surface area contributed by atoms with E-state index < -0.39 is 0 Å². The molecule has 0 saturated carbocycles. The van der Waals surface area contributed by atoms with E-state index in [1.165, 1.54) is 11.6 Å². The lowest BCUT2D eigenvalue weighted by Crippen LogP contribution is -2.08. The molecular weight excluding hydrogens is 284 g/mol. The fourth-order valence-corrected chi connectivity index (χ4v) is 1.96. The van der Waals surface area contributed by atoms with E-state index in [0.29, 0.717) is 16.8 Å². The van der Waals surface area contributed by atoms with Gasteiger partial charge in [0.15, 0.2) is 0 Å². The summed E-state index contributed by atoms with van der Waals surface area (Å²) in [5.41, 5.74) is 2.26. The summed E-state index contributed by atoms with van der Waals surface area (Å²) in [5, 5.41) is 3.20. The molecule has 2 rings (SSSR count). The van der Waals surface area contributed by atoms with Crippen LogP contribution in [-0.4, -0.2) is 10.9 Å². The SMILES string of the molecule is CC(C)c1ccc(/C=C/C(=O)Nc2cc(Cl)ccn2)cc1. The lowest BCUT2D eigenvalue weighted by molar-refractivity contribution is -0.111. The summed E-state index contributed by atoms with van der Waals surface area (Å²) in [4.78, 5) is 15.8. The minimum absolute atomic E-state index is 0.238. The first-order valence-electron chi connectivity index (χ1n) is 6.75. The Hall–Kier alpha value is -2.13. The standard InChI is InChI=1S/C17H17ClN2O/c1-12(2)14-6-3-13(4-7-14)5-8-17(21)20-16-11-15(18)9-10-19-16/h3-12H,1-2H3,(H,19,20,21)/b8-5+. The molecule has 0 saturated heterocycles. The van der Waals surface area contributed by atoms with Crippen molar-refractivity contribution < 1.29 is 4.79 Å². The second-order valence-electron chi connectivity index (χ2n) is 5.00. The molecule has 108 valence electrons. The van der Waals surface area contributed by atoms with Gasteiger partial charge in [-0.3, -0.25) is 4.79 Å². The van der Waals surface area contributed by atoms with E-state index in [1.807, 2.05) is 12.1 Å². The molecule has 2 aromatic rings.